The number of hydrogen-bond donors (Lipinski definition) is 2. The molecule has 7 nitrogen and oxygen atoms in total. The summed E-state index contributed by atoms with van der Waals surface area (Å²) in [5, 5.41) is 6.38. The van der Waals surface area contributed by atoms with Gasteiger partial charge in [-0.1, -0.05) is 0 Å². The van der Waals surface area contributed by atoms with Gasteiger partial charge in [0.2, 0.25) is 0 Å². The Morgan fingerprint density at radius 2 is 1.96 bits per heavy atom. The third-order valence-electron chi connectivity index (χ3n) is 4.30. The number of rotatable bonds is 5. The van der Waals surface area contributed by atoms with Gasteiger partial charge in [-0.25, -0.2) is 4.79 Å². The quantitative estimate of drug-likeness (QED) is 0.862. The standard InChI is InChI=1S/C17H24N4O3/c1-2-24-17(23)21-7-5-14(6-8-21)19-15-9-12(10-18-11-15)16(22)20-13-3-4-13/h9-11,13-14,19H,2-8H2,1H3,(H,20,22). The Labute approximate surface area is 141 Å². The molecule has 0 aromatic carbocycles. The fourth-order valence-corrected chi connectivity index (χ4v) is 2.80. The highest BCUT2D eigenvalue weighted by Gasteiger charge is 2.25. The molecule has 2 aliphatic rings. The fraction of sp³-hybridized carbons (Fsp3) is 0.588. The molecule has 24 heavy (non-hydrogen) atoms. The normalized spacial score (nSPS) is 18.1. The predicted molar refractivity (Wildman–Crippen MR) is 90.0 cm³/mol. The SMILES string of the molecule is CCOC(=O)N1CCC(Nc2cncc(C(=O)NC3CC3)c2)CC1. The molecule has 2 fully saturated rings. The Morgan fingerprint density at radius 1 is 1.21 bits per heavy atom. The van der Waals surface area contributed by atoms with Crippen LogP contribution >= 0.6 is 0 Å². The van der Waals surface area contributed by atoms with Gasteiger partial charge >= 0.3 is 6.09 Å². The molecule has 1 saturated carbocycles. The van der Waals surface area contributed by atoms with E-state index in [0.717, 1.165) is 31.4 Å². The monoisotopic (exact) mass is 332 g/mol. The minimum atomic E-state index is -0.239. The maximum Gasteiger partial charge on any atom is 0.409 e. The molecule has 2 N–H and O–H groups in total. The van der Waals surface area contributed by atoms with Crippen molar-refractivity contribution in [3.8, 4) is 0 Å². The Balaban J connectivity index is 1.51. The summed E-state index contributed by atoms with van der Waals surface area (Å²) >= 11 is 0. The third kappa shape index (κ3) is 4.37. The van der Waals surface area contributed by atoms with Gasteiger partial charge in [0.05, 0.1) is 17.9 Å². The zero-order valence-corrected chi connectivity index (χ0v) is 14.0. The largest absolute Gasteiger partial charge is 0.450 e. The number of nitrogens with one attached hydrogen (secondary N) is 2. The summed E-state index contributed by atoms with van der Waals surface area (Å²) in [4.78, 5) is 29.7. The topological polar surface area (TPSA) is 83.6 Å². The number of nitrogens with zero attached hydrogens (tertiary/aromatic N) is 2. The number of hydrogen-bond acceptors (Lipinski definition) is 5. The second kappa shape index (κ2) is 7.51. The van der Waals surface area contributed by atoms with Crippen LogP contribution in [0.3, 0.4) is 0 Å². The smallest absolute Gasteiger partial charge is 0.409 e. The number of pyridine rings is 1. The molecule has 0 unspecified atom stereocenters. The van der Waals surface area contributed by atoms with E-state index in [2.05, 4.69) is 15.6 Å². The molecular weight excluding hydrogens is 308 g/mol. The highest BCUT2D eigenvalue weighted by molar-refractivity contribution is 5.95. The van der Waals surface area contributed by atoms with Gasteiger partial charge in [-0.05, 0) is 38.7 Å². The van der Waals surface area contributed by atoms with E-state index < -0.39 is 0 Å². The summed E-state index contributed by atoms with van der Waals surface area (Å²) in [5.74, 6) is -0.0641. The molecule has 3 rings (SSSR count). The summed E-state index contributed by atoms with van der Waals surface area (Å²) in [7, 11) is 0. The van der Waals surface area contributed by atoms with Crippen LogP contribution in [0.25, 0.3) is 0 Å². The highest BCUT2D eigenvalue weighted by Crippen LogP contribution is 2.20. The molecule has 1 saturated heterocycles. The van der Waals surface area contributed by atoms with Crippen LogP contribution in [0, 0.1) is 0 Å². The number of carbonyl (C=O) groups is 2. The van der Waals surface area contributed by atoms with Gasteiger partial charge in [-0.3, -0.25) is 9.78 Å². The first-order valence-electron chi connectivity index (χ1n) is 8.60. The molecule has 1 aliphatic carbocycles. The van der Waals surface area contributed by atoms with Gasteiger partial charge in [0.15, 0.2) is 0 Å². The number of piperidine rings is 1. The maximum absolute atomic E-state index is 12.1. The molecule has 0 atom stereocenters. The minimum Gasteiger partial charge on any atom is -0.450 e. The number of aromatic nitrogens is 1. The predicted octanol–water partition coefficient (Wildman–Crippen LogP) is 2.01. The van der Waals surface area contributed by atoms with Crippen LogP contribution in [0.4, 0.5) is 10.5 Å². The first-order valence-corrected chi connectivity index (χ1v) is 8.60. The summed E-state index contributed by atoms with van der Waals surface area (Å²) in [5.41, 5.74) is 1.42. The van der Waals surface area contributed by atoms with Crippen LogP contribution in [0.15, 0.2) is 18.5 Å². The molecular formula is C17H24N4O3. The number of likely N-dealkylation sites (tertiary alicyclic amines) is 1. The molecule has 0 bridgehead atoms. The lowest BCUT2D eigenvalue weighted by atomic mass is 10.1. The second-order valence-corrected chi connectivity index (χ2v) is 6.31. The van der Waals surface area contributed by atoms with Crippen LogP contribution in [0.5, 0.6) is 0 Å². The van der Waals surface area contributed by atoms with Crippen LogP contribution in [-0.2, 0) is 4.74 Å². The van der Waals surface area contributed by atoms with Gasteiger partial charge in [0.1, 0.15) is 0 Å². The number of carbonyl (C=O) groups excluding carboxylic acids is 2. The molecule has 2 heterocycles. The number of amides is 2. The van der Waals surface area contributed by atoms with Gasteiger partial charge < -0.3 is 20.3 Å². The van der Waals surface area contributed by atoms with Gasteiger partial charge in [-0.15, -0.1) is 0 Å². The molecule has 0 radical (unpaired) electrons. The lowest BCUT2D eigenvalue weighted by molar-refractivity contribution is 0.0948. The first kappa shape index (κ1) is 16.5. The van der Waals surface area contributed by atoms with E-state index in [-0.39, 0.29) is 18.0 Å². The van der Waals surface area contributed by atoms with E-state index >= 15 is 0 Å². The van der Waals surface area contributed by atoms with Gasteiger partial charge in [0, 0.05) is 37.6 Å². The Hall–Kier alpha value is -2.31. The fourth-order valence-electron chi connectivity index (χ4n) is 2.80. The van der Waals surface area contributed by atoms with E-state index in [9.17, 15) is 9.59 Å². The molecule has 1 aromatic rings. The highest BCUT2D eigenvalue weighted by atomic mass is 16.6. The van der Waals surface area contributed by atoms with Gasteiger partial charge in [-0.2, -0.15) is 0 Å². The first-order chi connectivity index (χ1) is 11.7. The lowest BCUT2D eigenvalue weighted by Crippen LogP contribution is -2.42. The van der Waals surface area contributed by atoms with Crippen molar-refractivity contribution >= 4 is 17.7 Å². The lowest BCUT2D eigenvalue weighted by Gasteiger charge is -2.32. The van der Waals surface area contributed by atoms with Gasteiger partial charge in [0.25, 0.3) is 5.91 Å². The molecule has 7 heteroatoms. The van der Waals surface area contributed by atoms with E-state index in [4.69, 9.17) is 4.74 Å². The number of anilines is 1. The van der Waals surface area contributed by atoms with E-state index in [1.807, 2.05) is 13.0 Å². The van der Waals surface area contributed by atoms with Crippen LogP contribution < -0.4 is 10.6 Å². The van der Waals surface area contributed by atoms with Crippen molar-refractivity contribution in [2.45, 2.75) is 44.7 Å². The summed E-state index contributed by atoms with van der Waals surface area (Å²) in [6.45, 7) is 3.56. The van der Waals surface area contributed by atoms with Crippen LogP contribution in [0.2, 0.25) is 0 Å². The van der Waals surface area contributed by atoms with Crippen molar-refractivity contribution in [2.75, 3.05) is 25.0 Å². The number of ether oxygens (including phenoxy) is 1. The van der Waals surface area contributed by atoms with Crippen LogP contribution in [0.1, 0.15) is 43.0 Å². The zero-order chi connectivity index (χ0) is 16.9. The molecule has 1 aromatic heterocycles. The van der Waals surface area contributed by atoms with E-state index in [1.54, 1.807) is 17.3 Å². The maximum atomic E-state index is 12.1. The summed E-state index contributed by atoms with van der Waals surface area (Å²) in [6.07, 6.45) is 6.90. The van der Waals surface area contributed by atoms with Crippen LogP contribution in [-0.4, -0.2) is 53.7 Å². The Kier molecular flexibility index (Phi) is 5.17. The second-order valence-electron chi connectivity index (χ2n) is 6.31. The van der Waals surface area contributed by atoms with Crippen molar-refractivity contribution in [1.29, 1.82) is 0 Å². The van der Waals surface area contributed by atoms with Crippen molar-refractivity contribution in [1.82, 2.24) is 15.2 Å². The zero-order valence-electron chi connectivity index (χ0n) is 14.0. The Bertz CT molecular complexity index is 595. The van der Waals surface area contributed by atoms with Crippen molar-refractivity contribution in [3.05, 3.63) is 24.0 Å². The van der Waals surface area contributed by atoms with Crippen molar-refractivity contribution in [3.63, 3.8) is 0 Å². The minimum absolute atomic E-state index is 0.0641. The average molecular weight is 332 g/mol. The molecule has 1 aliphatic heterocycles. The average Bonchev–Trinajstić information content (AvgIpc) is 3.40. The van der Waals surface area contributed by atoms with E-state index in [1.165, 1.54) is 0 Å². The van der Waals surface area contributed by atoms with Crippen molar-refractivity contribution in [2.24, 2.45) is 0 Å². The summed E-state index contributed by atoms with van der Waals surface area (Å²) in [6, 6.07) is 2.43. The Morgan fingerprint density at radius 3 is 2.62 bits per heavy atom. The molecule has 2 amide bonds. The summed E-state index contributed by atoms with van der Waals surface area (Å²) < 4.78 is 5.03. The van der Waals surface area contributed by atoms with E-state index in [0.29, 0.717) is 31.3 Å². The van der Waals surface area contributed by atoms with Crippen molar-refractivity contribution < 1.29 is 14.3 Å². The molecule has 0 spiro atoms. The third-order valence-corrected chi connectivity index (χ3v) is 4.30. The molecule has 130 valence electrons.